The lowest BCUT2D eigenvalue weighted by Gasteiger charge is -2.12. The molecule has 1 heterocycles. The molecule has 0 aromatic carbocycles. The van der Waals surface area contributed by atoms with Crippen molar-refractivity contribution < 1.29 is 19.8 Å². The molecule has 0 aliphatic heterocycles. The molecule has 4 N–H and O–H groups in total. The number of carbonyl (C=O) groups is 2. The molecule has 92 valence electrons. The highest BCUT2D eigenvalue weighted by Crippen LogP contribution is 1.95. The van der Waals surface area contributed by atoms with E-state index in [-0.39, 0.29) is 18.7 Å². The summed E-state index contributed by atoms with van der Waals surface area (Å²) < 4.78 is 0. The van der Waals surface area contributed by atoms with Crippen LogP contribution in [-0.2, 0) is 4.79 Å². The molecule has 17 heavy (non-hydrogen) atoms. The minimum absolute atomic E-state index is 0.103. The summed E-state index contributed by atoms with van der Waals surface area (Å²) in [5.41, 5.74) is -0.569. The van der Waals surface area contributed by atoms with Gasteiger partial charge in [-0.2, -0.15) is 5.10 Å². The number of nitrogens with zero attached hydrogens (tertiary/aromatic N) is 1. The summed E-state index contributed by atoms with van der Waals surface area (Å²) in [7, 11) is 0. The number of carboxylic acids is 1. The monoisotopic (exact) mass is 241 g/mol. The number of nitrogens with one attached hydrogen (secondary N) is 2. The summed E-state index contributed by atoms with van der Waals surface area (Å²) in [5.74, 6) is -1.99. The fourth-order valence-corrected chi connectivity index (χ4v) is 1.09. The zero-order valence-electron chi connectivity index (χ0n) is 8.71. The number of carbonyl (C=O) groups excluding carboxylic acids is 1. The van der Waals surface area contributed by atoms with Gasteiger partial charge in [0.2, 0.25) is 0 Å². The second-order valence-corrected chi connectivity index (χ2v) is 3.18. The molecule has 0 saturated heterocycles. The average Bonchev–Trinajstić information content (AvgIpc) is 2.29. The second-order valence-electron chi connectivity index (χ2n) is 3.18. The van der Waals surface area contributed by atoms with Crippen LogP contribution >= 0.6 is 0 Å². The Bertz CT molecular complexity index is 449. The van der Waals surface area contributed by atoms with Crippen LogP contribution in [0.1, 0.15) is 16.9 Å². The molecule has 1 aromatic heterocycles. The molecule has 0 spiro atoms. The average molecular weight is 241 g/mol. The highest BCUT2D eigenvalue weighted by molar-refractivity contribution is 5.94. The molecule has 0 aliphatic carbocycles. The van der Waals surface area contributed by atoms with Crippen LogP contribution in [0.4, 0.5) is 0 Å². The largest absolute Gasteiger partial charge is 0.480 e. The smallest absolute Gasteiger partial charge is 0.326 e. The predicted molar refractivity (Wildman–Crippen MR) is 55.5 cm³/mol. The molecule has 0 bridgehead atoms. The van der Waals surface area contributed by atoms with Gasteiger partial charge in [-0.25, -0.2) is 9.89 Å². The first-order valence-electron chi connectivity index (χ1n) is 4.75. The van der Waals surface area contributed by atoms with Crippen molar-refractivity contribution in [2.75, 3.05) is 6.61 Å². The Morgan fingerprint density at radius 3 is 2.65 bits per heavy atom. The zero-order valence-corrected chi connectivity index (χ0v) is 8.71. The first-order chi connectivity index (χ1) is 8.04. The summed E-state index contributed by atoms with van der Waals surface area (Å²) in [6, 6.07) is 1.08. The quantitative estimate of drug-likeness (QED) is 0.487. The van der Waals surface area contributed by atoms with E-state index in [1.165, 1.54) is 6.07 Å². The third-order valence-corrected chi connectivity index (χ3v) is 1.93. The van der Waals surface area contributed by atoms with Gasteiger partial charge in [-0.15, -0.1) is 0 Å². The van der Waals surface area contributed by atoms with Gasteiger partial charge in [0.25, 0.3) is 11.5 Å². The van der Waals surface area contributed by atoms with Gasteiger partial charge >= 0.3 is 5.97 Å². The van der Waals surface area contributed by atoms with Gasteiger partial charge in [-0.1, -0.05) is 0 Å². The molecule has 1 aromatic rings. The number of H-pyrrole nitrogens is 1. The van der Waals surface area contributed by atoms with Crippen molar-refractivity contribution in [2.24, 2.45) is 0 Å². The minimum atomic E-state index is -1.25. The van der Waals surface area contributed by atoms with Crippen LogP contribution < -0.4 is 10.9 Å². The number of aliphatic hydroxyl groups is 1. The van der Waals surface area contributed by atoms with Gasteiger partial charge in [0.15, 0.2) is 0 Å². The van der Waals surface area contributed by atoms with Crippen molar-refractivity contribution in [3.05, 3.63) is 28.2 Å². The van der Waals surface area contributed by atoms with Crippen molar-refractivity contribution in [2.45, 2.75) is 12.5 Å². The summed E-state index contributed by atoms with van der Waals surface area (Å²) in [6.07, 6.45) is -0.107. The second kappa shape index (κ2) is 5.75. The van der Waals surface area contributed by atoms with Gasteiger partial charge in [0.05, 0.1) is 0 Å². The number of amides is 1. The molecule has 0 saturated carbocycles. The first kappa shape index (κ1) is 12.8. The predicted octanol–water partition coefficient (Wildman–Crippen LogP) is -1.66. The first-order valence-corrected chi connectivity index (χ1v) is 4.75. The van der Waals surface area contributed by atoms with E-state index in [1.807, 2.05) is 0 Å². The lowest BCUT2D eigenvalue weighted by molar-refractivity contribution is -0.139. The number of rotatable bonds is 5. The van der Waals surface area contributed by atoms with Gasteiger partial charge in [0.1, 0.15) is 11.7 Å². The molecule has 1 rings (SSSR count). The van der Waals surface area contributed by atoms with E-state index in [9.17, 15) is 14.4 Å². The summed E-state index contributed by atoms with van der Waals surface area (Å²) in [6.45, 7) is -0.365. The molecule has 8 heteroatoms. The Hall–Kier alpha value is -2.22. The van der Waals surface area contributed by atoms with E-state index in [0.717, 1.165) is 6.07 Å². The lowest BCUT2D eigenvalue weighted by Crippen LogP contribution is -2.41. The molecular formula is C9H11N3O5. The number of hydrogen-bond acceptors (Lipinski definition) is 5. The maximum Gasteiger partial charge on any atom is 0.326 e. The fraction of sp³-hybridized carbons (Fsp3) is 0.333. The van der Waals surface area contributed by atoms with Crippen LogP contribution in [0.2, 0.25) is 0 Å². The number of aliphatic hydroxyl groups excluding tert-OH is 1. The molecule has 0 fully saturated rings. The SMILES string of the molecule is O=C(N[C@@H](CCO)C(=O)O)c1ccc(=O)[nH]n1. The lowest BCUT2D eigenvalue weighted by atomic mass is 10.2. The van der Waals surface area contributed by atoms with Crippen LogP contribution in [-0.4, -0.2) is 44.9 Å². The van der Waals surface area contributed by atoms with E-state index >= 15 is 0 Å². The van der Waals surface area contributed by atoms with Gasteiger partial charge in [0, 0.05) is 19.1 Å². The Balaban J connectivity index is 2.73. The number of aromatic nitrogens is 2. The van der Waals surface area contributed by atoms with Crippen molar-refractivity contribution in [3.8, 4) is 0 Å². The molecule has 0 unspecified atom stereocenters. The summed E-state index contributed by atoms with van der Waals surface area (Å²) in [4.78, 5) is 32.9. The molecule has 0 radical (unpaired) electrons. The van der Waals surface area contributed by atoms with E-state index in [0.29, 0.717) is 0 Å². The topological polar surface area (TPSA) is 132 Å². The van der Waals surface area contributed by atoms with Gasteiger partial charge in [-0.3, -0.25) is 9.59 Å². The van der Waals surface area contributed by atoms with E-state index < -0.39 is 23.5 Å². The molecule has 0 aliphatic rings. The van der Waals surface area contributed by atoms with Crippen molar-refractivity contribution in [3.63, 3.8) is 0 Å². The Kier molecular flexibility index (Phi) is 4.35. The maximum atomic E-state index is 11.5. The Labute approximate surface area is 95.3 Å². The number of hydrogen-bond donors (Lipinski definition) is 4. The van der Waals surface area contributed by atoms with Gasteiger partial charge in [-0.05, 0) is 6.07 Å². The third-order valence-electron chi connectivity index (χ3n) is 1.93. The Morgan fingerprint density at radius 1 is 1.47 bits per heavy atom. The van der Waals surface area contributed by atoms with E-state index in [2.05, 4.69) is 15.5 Å². The summed E-state index contributed by atoms with van der Waals surface area (Å²) in [5, 5.41) is 25.0. The van der Waals surface area contributed by atoms with E-state index in [1.54, 1.807) is 0 Å². The minimum Gasteiger partial charge on any atom is -0.480 e. The molecule has 1 atom stereocenters. The standard InChI is InChI=1S/C9H11N3O5/c13-4-3-6(9(16)17)10-8(15)5-1-2-7(14)12-11-5/h1-2,6,13H,3-4H2,(H,10,15)(H,12,14)(H,16,17)/t6-/m0/s1. The number of aliphatic carboxylic acids is 1. The van der Waals surface area contributed by atoms with Gasteiger partial charge < -0.3 is 15.5 Å². The van der Waals surface area contributed by atoms with Crippen LogP contribution in [0.5, 0.6) is 0 Å². The van der Waals surface area contributed by atoms with Crippen LogP contribution in [0.3, 0.4) is 0 Å². The Morgan fingerprint density at radius 2 is 2.18 bits per heavy atom. The zero-order chi connectivity index (χ0) is 12.8. The van der Waals surface area contributed by atoms with Crippen LogP contribution in [0, 0.1) is 0 Å². The van der Waals surface area contributed by atoms with E-state index in [4.69, 9.17) is 10.2 Å². The van der Waals surface area contributed by atoms with Crippen molar-refractivity contribution in [1.29, 1.82) is 0 Å². The van der Waals surface area contributed by atoms with Crippen molar-refractivity contribution >= 4 is 11.9 Å². The highest BCUT2D eigenvalue weighted by atomic mass is 16.4. The van der Waals surface area contributed by atoms with Crippen molar-refractivity contribution in [1.82, 2.24) is 15.5 Å². The number of carboxylic acid groups (broad SMARTS) is 1. The van der Waals surface area contributed by atoms with Crippen LogP contribution in [0.25, 0.3) is 0 Å². The molecular weight excluding hydrogens is 230 g/mol. The molecule has 8 nitrogen and oxygen atoms in total. The maximum absolute atomic E-state index is 11.5. The normalized spacial score (nSPS) is 11.8. The van der Waals surface area contributed by atoms with Crippen LogP contribution in [0.15, 0.2) is 16.9 Å². The fourth-order valence-electron chi connectivity index (χ4n) is 1.09. The number of aromatic amines is 1. The summed E-state index contributed by atoms with van der Waals surface area (Å²) >= 11 is 0. The third kappa shape index (κ3) is 3.68. The highest BCUT2D eigenvalue weighted by Gasteiger charge is 2.20. The molecule has 1 amide bonds.